The second-order valence-electron chi connectivity index (χ2n) is 5.49. The Bertz CT molecular complexity index is 309. The van der Waals surface area contributed by atoms with Crippen molar-refractivity contribution in [1.29, 1.82) is 0 Å². The molecule has 2 saturated heterocycles. The lowest BCUT2D eigenvalue weighted by atomic mass is 10.1. The summed E-state index contributed by atoms with van der Waals surface area (Å²) >= 11 is 0. The molecule has 0 unspecified atom stereocenters. The molecular formula is C10H19NO2S. The summed E-state index contributed by atoms with van der Waals surface area (Å²) in [5.74, 6) is 0. The van der Waals surface area contributed by atoms with E-state index in [1.807, 2.05) is 0 Å². The molecule has 2 rings (SSSR count). The van der Waals surface area contributed by atoms with Gasteiger partial charge in [-0.2, -0.15) is 0 Å². The quantitative estimate of drug-likeness (QED) is 0.608. The van der Waals surface area contributed by atoms with Crippen molar-refractivity contribution in [2.45, 2.75) is 49.7 Å². The Labute approximate surface area is 86.4 Å². The molecule has 2 bridgehead atoms. The molecule has 3 nitrogen and oxygen atoms in total. The number of sulfone groups is 1. The summed E-state index contributed by atoms with van der Waals surface area (Å²) in [6, 6.07) is 0. The molecule has 2 heterocycles. The molecule has 0 N–H and O–H groups in total. The summed E-state index contributed by atoms with van der Waals surface area (Å²) in [6.07, 6.45) is 1.75. The maximum absolute atomic E-state index is 11.8. The summed E-state index contributed by atoms with van der Waals surface area (Å²) in [7, 11) is -2.76. The van der Waals surface area contributed by atoms with Gasteiger partial charge in [-0.3, -0.25) is 4.90 Å². The highest BCUT2D eigenvalue weighted by Gasteiger charge is 2.48. The first-order chi connectivity index (χ1) is 6.32. The van der Waals surface area contributed by atoms with Gasteiger partial charge < -0.3 is 0 Å². The fourth-order valence-corrected chi connectivity index (χ4v) is 4.73. The third kappa shape index (κ3) is 1.48. The first kappa shape index (κ1) is 10.4. The summed E-state index contributed by atoms with van der Waals surface area (Å²) in [6.45, 7) is 7.95. The average molecular weight is 217 g/mol. The Balaban J connectivity index is 2.22. The molecule has 2 aliphatic rings. The Kier molecular flexibility index (Phi) is 2.20. The van der Waals surface area contributed by atoms with Crippen molar-refractivity contribution in [3.8, 4) is 0 Å². The molecule has 0 spiro atoms. The van der Waals surface area contributed by atoms with Crippen LogP contribution in [0, 0.1) is 0 Å². The third-order valence-corrected chi connectivity index (χ3v) is 6.16. The second kappa shape index (κ2) is 2.95. The average Bonchev–Trinajstić information content (AvgIpc) is 2.25. The summed E-state index contributed by atoms with van der Waals surface area (Å²) in [5.41, 5.74) is 0.108. The predicted octanol–water partition coefficient (Wildman–Crippen LogP) is 1.05. The van der Waals surface area contributed by atoms with Crippen LogP contribution in [0.4, 0.5) is 0 Å². The molecular weight excluding hydrogens is 198 g/mol. The van der Waals surface area contributed by atoms with Crippen molar-refractivity contribution in [2.75, 3.05) is 13.1 Å². The molecule has 2 fully saturated rings. The van der Waals surface area contributed by atoms with E-state index in [-0.39, 0.29) is 16.0 Å². The number of rotatable bonds is 0. The highest BCUT2D eigenvalue weighted by molar-refractivity contribution is 7.93. The van der Waals surface area contributed by atoms with Crippen molar-refractivity contribution in [2.24, 2.45) is 0 Å². The van der Waals surface area contributed by atoms with Crippen LogP contribution in [0.5, 0.6) is 0 Å². The van der Waals surface area contributed by atoms with Gasteiger partial charge in [0.2, 0.25) is 0 Å². The van der Waals surface area contributed by atoms with Crippen LogP contribution in [0.1, 0.15) is 33.6 Å². The monoisotopic (exact) mass is 217 g/mol. The smallest absolute Gasteiger partial charge is 0.158 e. The lowest BCUT2D eigenvalue weighted by Gasteiger charge is -2.41. The van der Waals surface area contributed by atoms with E-state index in [0.29, 0.717) is 0 Å². The van der Waals surface area contributed by atoms with Crippen molar-refractivity contribution in [1.82, 2.24) is 4.90 Å². The molecule has 0 aliphatic carbocycles. The van der Waals surface area contributed by atoms with E-state index in [1.165, 1.54) is 0 Å². The summed E-state index contributed by atoms with van der Waals surface area (Å²) < 4.78 is 23.6. The van der Waals surface area contributed by atoms with Gasteiger partial charge in [-0.15, -0.1) is 0 Å². The molecule has 0 radical (unpaired) electrons. The van der Waals surface area contributed by atoms with E-state index in [9.17, 15) is 8.42 Å². The molecule has 0 amide bonds. The molecule has 4 heteroatoms. The predicted molar refractivity (Wildman–Crippen MR) is 57.1 cm³/mol. The Hall–Kier alpha value is -0.0900. The third-order valence-electron chi connectivity index (χ3n) is 3.54. The van der Waals surface area contributed by atoms with Crippen LogP contribution >= 0.6 is 0 Å². The van der Waals surface area contributed by atoms with Gasteiger partial charge in [-0.05, 0) is 33.6 Å². The molecule has 0 aromatic rings. The van der Waals surface area contributed by atoms with Crippen LogP contribution in [0.3, 0.4) is 0 Å². The van der Waals surface area contributed by atoms with Crippen LogP contribution in [-0.2, 0) is 9.84 Å². The van der Waals surface area contributed by atoms with Gasteiger partial charge >= 0.3 is 0 Å². The van der Waals surface area contributed by atoms with E-state index in [4.69, 9.17) is 0 Å². The van der Waals surface area contributed by atoms with Crippen molar-refractivity contribution in [3.63, 3.8) is 0 Å². The summed E-state index contributed by atoms with van der Waals surface area (Å²) in [4.78, 5) is 2.32. The number of nitrogens with zero attached hydrogens (tertiary/aromatic N) is 1. The van der Waals surface area contributed by atoms with Gasteiger partial charge in [0.15, 0.2) is 9.84 Å². The molecule has 82 valence electrons. The van der Waals surface area contributed by atoms with E-state index in [1.54, 1.807) is 0 Å². The molecule has 2 atom stereocenters. The maximum Gasteiger partial charge on any atom is 0.158 e. The molecule has 0 aromatic heterocycles. The first-order valence-corrected chi connectivity index (χ1v) is 6.90. The van der Waals surface area contributed by atoms with Crippen LogP contribution < -0.4 is 0 Å². The minimum absolute atomic E-state index is 0.0829. The van der Waals surface area contributed by atoms with Crippen LogP contribution in [0.25, 0.3) is 0 Å². The fraction of sp³-hybridized carbons (Fsp3) is 1.00. The van der Waals surface area contributed by atoms with E-state index in [2.05, 4.69) is 25.7 Å². The number of fused-ring (bicyclic) bond motifs is 2. The zero-order valence-electron chi connectivity index (χ0n) is 9.16. The molecule has 14 heavy (non-hydrogen) atoms. The van der Waals surface area contributed by atoms with Crippen molar-refractivity contribution in [3.05, 3.63) is 0 Å². The standard InChI is InChI=1S/C10H19NO2S/c1-10(2,3)11-6-8-4-5-9(7-11)14(8,12)13/h8-9H,4-7H2,1-3H3/t8-,9+. The number of likely N-dealkylation sites (tertiary alicyclic amines) is 1. The Morgan fingerprint density at radius 2 is 1.50 bits per heavy atom. The Morgan fingerprint density at radius 3 is 1.86 bits per heavy atom. The van der Waals surface area contributed by atoms with Gasteiger partial charge in [0.05, 0.1) is 10.5 Å². The maximum atomic E-state index is 11.8. The van der Waals surface area contributed by atoms with Crippen LogP contribution in [0.15, 0.2) is 0 Å². The van der Waals surface area contributed by atoms with E-state index < -0.39 is 9.84 Å². The highest BCUT2D eigenvalue weighted by Crippen LogP contribution is 2.35. The van der Waals surface area contributed by atoms with Gasteiger partial charge in [0.25, 0.3) is 0 Å². The SMILES string of the molecule is CC(C)(C)N1C[C@H]2CC[C@@H](C1)S2(=O)=O. The van der Waals surface area contributed by atoms with E-state index in [0.717, 1.165) is 25.9 Å². The molecule has 0 aromatic carbocycles. The van der Waals surface area contributed by atoms with Crippen LogP contribution in [0.2, 0.25) is 0 Å². The lowest BCUT2D eigenvalue weighted by molar-refractivity contribution is 0.137. The second-order valence-corrected chi connectivity index (χ2v) is 8.00. The number of hydrogen-bond acceptors (Lipinski definition) is 3. The van der Waals surface area contributed by atoms with E-state index >= 15 is 0 Å². The summed E-state index contributed by atoms with van der Waals surface area (Å²) in [5, 5.41) is -0.166. The van der Waals surface area contributed by atoms with Gasteiger partial charge in [0.1, 0.15) is 0 Å². The number of hydrogen-bond donors (Lipinski definition) is 0. The normalized spacial score (nSPS) is 37.4. The highest BCUT2D eigenvalue weighted by atomic mass is 32.2. The fourth-order valence-electron chi connectivity index (χ4n) is 2.48. The van der Waals surface area contributed by atoms with Crippen molar-refractivity contribution >= 4 is 9.84 Å². The molecule has 2 aliphatic heterocycles. The molecule has 0 saturated carbocycles. The minimum Gasteiger partial charge on any atom is -0.296 e. The van der Waals surface area contributed by atoms with Crippen molar-refractivity contribution < 1.29 is 8.42 Å². The Morgan fingerprint density at radius 1 is 1.07 bits per heavy atom. The first-order valence-electron chi connectivity index (χ1n) is 5.29. The topological polar surface area (TPSA) is 37.4 Å². The zero-order valence-corrected chi connectivity index (χ0v) is 9.97. The van der Waals surface area contributed by atoms with Gasteiger partial charge in [0, 0.05) is 18.6 Å². The van der Waals surface area contributed by atoms with Gasteiger partial charge in [-0.25, -0.2) is 8.42 Å². The van der Waals surface area contributed by atoms with Crippen LogP contribution in [-0.4, -0.2) is 42.4 Å². The largest absolute Gasteiger partial charge is 0.296 e. The lowest BCUT2D eigenvalue weighted by Crippen LogP contribution is -2.54. The minimum atomic E-state index is -2.76. The van der Waals surface area contributed by atoms with Gasteiger partial charge in [-0.1, -0.05) is 0 Å². The zero-order chi connectivity index (χ0) is 10.6.